The van der Waals surface area contributed by atoms with Crippen molar-refractivity contribution in [3.8, 4) is 11.7 Å². The molecular formula is C15H20ClN5O2S. The predicted molar refractivity (Wildman–Crippen MR) is 94.2 cm³/mol. The van der Waals surface area contributed by atoms with Gasteiger partial charge in [-0.2, -0.15) is 4.98 Å². The van der Waals surface area contributed by atoms with Crippen LogP contribution in [0.1, 0.15) is 18.5 Å². The fourth-order valence-corrected chi connectivity index (χ4v) is 2.84. The molecule has 0 aromatic carbocycles. The predicted octanol–water partition coefficient (Wildman–Crippen LogP) is 2.93. The molecule has 0 aliphatic heterocycles. The number of thioether (sulfide) groups is 1. The molecule has 130 valence electrons. The number of aryl methyl sites for hydroxylation is 1. The molecule has 1 atom stereocenters. The Kier molecular flexibility index (Phi) is 6.47. The minimum atomic E-state index is 0. The van der Waals surface area contributed by atoms with Gasteiger partial charge in [-0.25, -0.2) is 4.98 Å². The summed E-state index contributed by atoms with van der Waals surface area (Å²) in [5.41, 5.74) is 0. The molecule has 0 aliphatic rings. The van der Waals surface area contributed by atoms with Crippen LogP contribution in [0.4, 0.5) is 0 Å². The van der Waals surface area contributed by atoms with Crippen molar-refractivity contribution in [2.24, 2.45) is 7.05 Å². The van der Waals surface area contributed by atoms with E-state index in [1.54, 1.807) is 18.0 Å². The lowest BCUT2D eigenvalue weighted by atomic mass is 10.2. The van der Waals surface area contributed by atoms with E-state index in [0.29, 0.717) is 35.7 Å². The molecule has 1 unspecified atom stereocenters. The summed E-state index contributed by atoms with van der Waals surface area (Å²) in [4.78, 5) is 8.64. The van der Waals surface area contributed by atoms with Crippen LogP contribution in [0.5, 0.6) is 0 Å². The van der Waals surface area contributed by atoms with Crippen LogP contribution in [-0.2, 0) is 19.2 Å². The number of hydrogen-bond acceptors (Lipinski definition) is 7. The van der Waals surface area contributed by atoms with Crippen LogP contribution in [0.15, 0.2) is 38.6 Å². The van der Waals surface area contributed by atoms with Crippen molar-refractivity contribution < 1.29 is 8.94 Å². The van der Waals surface area contributed by atoms with E-state index >= 15 is 0 Å². The lowest BCUT2D eigenvalue weighted by molar-refractivity contribution is 0.403. The van der Waals surface area contributed by atoms with Crippen LogP contribution >= 0.6 is 24.2 Å². The van der Waals surface area contributed by atoms with Gasteiger partial charge < -0.3 is 18.8 Å². The van der Waals surface area contributed by atoms with E-state index in [4.69, 9.17) is 8.94 Å². The summed E-state index contributed by atoms with van der Waals surface area (Å²) in [6, 6.07) is 4.07. The molecule has 3 aromatic heterocycles. The average Bonchev–Trinajstić information content (AvgIpc) is 3.26. The SMILES string of the molecule is CNC(C)Cc1noc(-c2ccc(CSc3nccn3C)o2)n1.Cl. The second kappa shape index (κ2) is 8.36. The first-order valence-electron chi connectivity index (χ1n) is 7.34. The van der Waals surface area contributed by atoms with E-state index < -0.39 is 0 Å². The smallest absolute Gasteiger partial charge is 0.293 e. The third-order valence-corrected chi connectivity index (χ3v) is 4.52. The number of rotatable bonds is 7. The first-order valence-corrected chi connectivity index (χ1v) is 8.33. The first-order chi connectivity index (χ1) is 11.2. The molecule has 0 amide bonds. The van der Waals surface area contributed by atoms with Gasteiger partial charge in [0.1, 0.15) is 5.76 Å². The maximum Gasteiger partial charge on any atom is 0.293 e. The number of imidazole rings is 1. The Morgan fingerprint density at radius 2 is 2.21 bits per heavy atom. The number of likely N-dealkylation sites (N-methyl/N-ethyl adjacent to an activating group) is 1. The van der Waals surface area contributed by atoms with Crippen molar-refractivity contribution in [1.82, 2.24) is 25.0 Å². The molecule has 0 fully saturated rings. The molecule has 0 saturated carbocycles. The summed E-state index contributed by atoms with van der Waals surface area (Å²) in [6.07, 6.45) is 4.41. The molecule has 0 saturated heterocycles. The van der Waals surface area contributed by atoms with Crippen LogP contribution in [0, 0.1) is 0 Å². The zero-order valence-electron chi connectivity index (χ0n) is 13.7. The number of halogens is 1. The molecule has 24 heavy (non-hydrogen) atoms. The summed E-state index contributed by atoms with van der Waals surface area (Å²) < 4.78 is 13.0. The van der Waals surface area contributed by atoms with Crippen molar-refractivity contribution in [3.05, 3.63) is 36.1 Å². The van der Waals surface area contributed by atoms with E-state index in [0.717, 1.165) is 10.9 Å². The van der Waals surface area contributed by atoms with Crippen LogP contribution in [-0.4, -0.2) is 32.8 Å². The number of hydrogen-bond donors (Lipinski definition) is 1. The van der Waals surface area contributed by atoms with E-state index in [1.807, 2.05) is 37.0 Å². The molecular weight excluding hydrogens is 350 g/mol. The van der Waals surface area contributed by atoms with Crippen molar-refractivity contribution in [2.45, 2.75) is 30.3 Å². The van der Waals surface area contributed by atoms with Gasteiger partial charge in [0, 0.05) is 31.9 Å². The Bertz CT molecular complexity index is 769. The molecule has 9 heteroatoms. The maximum absolute atomic E-state index is 5.78. The number of furan rings is 1. The van der Waals surface area contributed by atoms with Gasteiger partial charge in [-0.05, 0) is 26.1 Å². The normalized spacial score (nSPS) is 12.1. The average molecular weight is 370 g/mol. The number of nitrogens with zero attached hydrogens (tertiary/aromatic N) is 4. The Morgan fingerprint density at radius 1 is 1.38 bits per heavy atom. The van der Waals surface area contributed by atoms with Gasteiger partial charge in [0.25, 0.3) is 5.89 Å². The zero-order chi connectivity index (χ0) is 16.2. The van der Waals surface area contributed by atoms with Crippen molar-refractivity contribution >= 4 is 24.2 Å². The summed E-state index contributed by atoms with van der Waals surface area (Å²) in [5, 5.41) is 8.08. The van der Waals surface area contributed by atoms with Crippen molar-refractivity contribution in [1.29, 1.82) is 0 Å². The highest BCUT2D eigenvalue weighted by atomic mass is 35.5. The molecule has 1 N–H and O–H groups in total. The fourth-order valence-electron chi connectivity index (χ4n) is 2.01. The lowest BCUT2D eigenvalue weighted by Gasteiger charge is -2.04. The van der Waals surface area contributed by atoms with Crippen LogP contribution in [0.3, 0.4) is 0 Å². The summed E-state index contributed by atoms with van der Waals surface area (Å²) >= 11 is 1.62. The van der Waals surface area contributed by atoms with Crippen molar-refractivity contribution in [3.63, 3.8) is 0 Å². The Hall–Kier alpha value is -1.77. The van der Waals surface area contributed by atoms with E-state index in [1.165, 1.54) is 0 Å². The topological polar surface area (TPSA) is 81.9 Å². The standard InChI is InChI=1S/C15H19N5O2S.ClH/c1-10(16-2)8-13-18-14(22-19-13)12-5-4-11(21-12)9-23-15-17-6-7-20(15)3;/h4-7,10,16H,8-9H2,1-3H3;1H. The van der Waals surface area contributed by atoms with Crippen molar-refractivity contribution in [2.75, 3.05) is 7.05 Å². The Morgan fingerprint density at radius 3 is 2.92 bits per heavy atom. The number of nitrogens with one attached hydrogen (secondary N) is 1. The third-order valence-electron chi connectivity index (χ3n) is 3.44. The van der Waals surface area contributed by atoms with Gasteiger partial charge in [-0.15, -0.1) is 12.4 Å². The largest absolute Gasteiger partial charge is 0.455 e. The van der Waals surface area contributed by atoms with Gasteiger partial charge in [0.15, 0.2) is 16.7 Å². The van der Waals surface area contributed by atoms with Gasteiger partial charge in [0.2, 0.25) is 0 Å². The fraction of sp³-hybridized carbons (Fsp3) is 0.400. The first kappa shape index (κ1) is 18.6. The molecule has 3 heterocycles. The van der Waals surface area contributed by atoms with Crippen LogP contribution in [0.2, 0.25) is 0 Å². The minimum Gasteiger partial charge on any atom is -0.455 e. The lowest BCUT2D eigenvalue weighted by Crippen LogP contribution is -2.24. The van der Waals surface area contributed by atoms with Crippen LogP contribution in [0.25, 0.3) is 11.7 Å². The Labute approximate surface area is 150 Å². The third kappa shape index (κ3) is 4.40. The Balaban J connectivity index is 0.00000208. The zero-order valence-corrected chi connectivity index (χ0v) is 15.4. The van der Waals surface area contributed by atoms with E-state index in [9.17, 15) is 0 Å². The quantitative estimate of drug-likeness (QED) is 0.641. The molecule has 0 aliphatic carbocycles. The molecule has 0 bridgehead atoms. The number of aromatic nitrogens is 4. The summed E-state index contributed by atoms with van der Waals surface area (Å²) in [5.74, 6) is 3.22. The van der Waals surface area contributed by atoms with Gasteiger partial charge in [-0.1, -0.05) is 16.9 Å². The second-order valence-electron chi connectivity index (χ2n) is 5.28. The summed E-state index contributed by atoms with van der Waals surface area (Å²) in [7, 11) is 3.87. The monoisotopic (exact) mass is 369 g/mol. The van der Waals surface area contributed by atoms with Gasteiger partial charge in [0.05, 0.1) is 5.75 Å². The minimum absolute atomic E-state index is 0. The van der Waals surface area contributed by atoms with Gasteiger partial charge >= 0.3 is 0 Å². The highest BCUT2D eigenvalue weighted by molar-refractivity contribution is 7.98. The van der Waals surface area contributed by atoms with E-state index in [-0.39, 0.29) is 12.4 Å². The molecule has 0 spiro atoms. The van der Waals surface area contributed by atoms with Gasteiger partial charge in [-0.3, -0.25) is 0 Å². The maximum atomic E-state index is 5.78. The molecule has 3 rings (SSSR count). The molecule has 3 aromatic rings. The highest BCUT2D eigenvalue weighted by Crippen LogP contribution is 2.25. The van der Waals surface area contributed by atoms with Crippen LogP contribution < -0.4 is 5.32 Å². The molecule has 7 nitrogen and oxygen atoms in total. The molecule has 0 radical (unpaired) electrons. The van der Waals surface area contributed by atoms with E-state index in [2.05, 4.69) is 27.4 Å². The summed E-state index contributed by atoms with van der Waals surface area (Å²) in [6.45, 7) is 2.07. The highest BCUT2D eigenvalue weighted by Gasteiger charge is 2.15. The second-order valence-corrected chi connectivity index (χ2v) is 6.23.